The highest BCUT2D eigenvalue weighted by Gasteiger charge is 2.48. The molecule has 1 unspecified atom stereocenters. The van der Waals surface area contributed by atoms with E-state index in [0.29, 0.717) is 6.61 Å². The number of halogens is 1. The molecular formula is C13H17BrN2O2. The van der Waals surface area contributed by atoms with E-state index in [2.05, 4.69) is 32.7 Å². The van der Waals surface area contributed by atoms with Crippen LogP contribution in [0.1, 0.15) is 26.2 Å². The minimum Gasteiger partial charge on any atom is -0.371 e. The average Bonchev–Trinajstić information content (AvgIpc) is 2.31. The highest BCUT2D eigenvalue weighted by molar-refractivity contribution is 9.10. The zero-order valence-electron chi connectivity index (χ0n) is 10.4. The Morgan fingerprint density at radius 1 is 1.56 bits per heavy atom. The molecular weight excluding hydrogens is 296 g/mol. The van der Waals surface area contributed by atoms with Gasteiger partial charge >= 0.3 is 0 Å². The van der Waals surface area contributed by atoms with Gasteiger partial charge < -0.3 is 14.6 Å². The Kier molecular flexibility index (Phi) is 2.98. The SMILES string of the molecule is CC1N(c2cc(Br)c[nH]c2=O)CCOC12CCC2. The number of ether oxygens (including phenoxy) is 1. The molecule has 0 bridgehead atoms. The number of pyridine rings is 1. The van der Waals surface area contributed by atoms with E-state index in [1.165, 1.54) is 6.42 Å². The van der Waals surface area contributed by atoms with Crippen molar-refractivity contribution in [1.82, 2.24) is 4.98 Å². The van der Waals surface area contributed by atoms with Crippen LogP contribution in [0.5, 0.6) is 0 Å². The lowest BCUT2D eigenvalue weighted by atomic mass is 9.73. The molecule has 0 amide bonds. The van der Waals surface area contributed by atoms with Crippen LogP contribution in [0.4, 0.5) is 5.69 Å². The van der Waals surface area contributed by atoms with Gasteiger partial charge in [-0.2, -0.15) is 0 Å². The molecule has 1 saturated carbocycles. The molecule has 1 spiro atoms. The Bertz CT molecular complexity index is 510. The summed E-state index contributed by atoms with van der Waals surface area (Å²) in [6.07, 6.45) is 5.12. The van der Waals surface area contributed by atoms with Gasteiger partial charge in [0, 0.05) is 17.2 Å². The first-order chi connectivity index (χ1) is 8.62. The maximum Gasteiger partial charge on any atom is 0.271 e. The van der Waals surface area contributed by atoms with Crippen molar-refractivity contribution in [2.45, 2.75) is 37.8 Å². The molecule has 98 valence electrons. The second kappa shape index (κ2) is 4.38. The fraction of sp³-hybridized carbons (Fsp3) is 0.615. The molecule has 0 radical (unpaired) electrons. The molecule has 18 heavy (non-hydrogen) atoms. The Labute approximate surface area is 114 Å². The lowest BCUT2D eigenvalue weighted by Gasteiger charge is -2.53. The van der Waals surface area contributed by atoms with Crippen LogP contribution in [0.15, 0.2) is 21.5 Å². The Balaban J connectivity index is 1.95. The van der Waals surface area contributed by atoms with Crippen molar-refractivity contribution in [3.8, 4) is 0 Å². The third-order valence-corrected chi connectivity index (χ3v) is 4.77. The third kappa shape index (κ3) is 1.80. The molecule has 3 rings (SSSR count). The quantitative estimate of drug-likeness (QED) is 0.865. The fourth-order valence-corrected chi connectivity index (χ4v) is 3.35. The summed E-state index contributed by atoms with van der Waals surface area (Å²) in [5.41, 5.74) is 0.695. The van der Waals surface area contributed by atoms with Crippen LogP contribution in [-0.2, 0) is 4.74 Å². The maximum atomic E-state index is 12.0. The van der Waals surface area contributed by atoms with Crippen LogP contribution in [-0.4, -0.2) is 29.8 Å². The zero-order valence-corrected chi connectivity index (χ0v) is 12.0. The molecule has 2 heterocycles. The normalized spacial score (nSPS) is 26.1. The fourth-order valence-electron chi connectivity index (χ4n) is 3.02. The van der Waals surface area contributed by atoms with Gasteiger partial charge in [-0.1, -0.05) is 0 Å². The molecule has 1 saturated heterocycles. The lowest BCUT2D eigenvalue weighted by Crippen LogP contribution is -2.62. The van der Waals surface area contributed by atoms with Gasteiger partial charge in [0.25, 0.3) is 5.56 Å². The van der Waals surface area contributed by atoms with Crippen LogP contribution in [0.3, 0.4) is 0 Å². The van der Waals surface area contributed by atoms with Gasteiger partial charge in [-0.05, 0) is 48.2 Å². The monoisotopic (exact) mass is 312 g/mol. The van der Waals surface area contributed by atoms with Crippen LogP contribution >= 0.6 is 15.9 Å². The summed E-state index contributed by atoms with van der Waals surface area (Å²) >= 11 is 3.41. The van der Waals surface area contributed by atoms with Crippen molar-refractivity contribution in [1.29, 1.82) is 0 Å². The van der Waals surface area contributed by atoms with E-state index in [1.807, 2.05) is 6.07 Å². The number of nitrogens with one attached hydrogen (secondary N) is 1. The maximum absolute atomic E-state index is 12.0. The number of aromatic amines is 1. The molecule has 0 aromatic carbocycles. The molecule has 5 heteroatoms. The van der Waals surface area contributed by atoms with Gasteiger partial charge in [-0.25, -0.2) is 0 Å². The molecule has 2 aliphatic rings. The van der Waals surface area contributed by atoms with Crippen molar-refractivity contribution < 1.29 is 4.74 Å². The molecule has 1 aromatic rings. The van der Waals surface area contributed by atoms with Crippen molar-refractivity contribution in [3.05, 3.63) is 27.1 Å². The van der Waals surface area contributed by atoms with Crippen LogP contribution in [0, 0.1) is 0 Å². The Hall–Kier alpha value is -0.810. The number of nitrogens with zero attached hydrogens (tertiary/aromatic N) is 1. The van der Waals surface area contributed by atoms with Gasteiger partial charge in [0.05, 0.1) is 18.2 Å². The molecule has 1 aromatic heterocycles. The van der Waals surface area contributed by atoms with Gasteiger partial charge in [0.1, 0.15) is 5.69 Å². The summed E-state index contributed by atoms with van der Waals surface area (Å²) in [4.78, 5) is 16.9. The van der Waals surface area contributed by atoms with Crippen molar-refractivity contribution >= 4 is 21.6 Å². The minimum atomic E-state index is -0.0265. The standard InChI is InChI=1S/C13H17BrN2O2/c1-9-13(3-2-4-13)18-6-5-16(9)11-7-10(14)8-15-12(11)17/h7-9H,2-6H2,1H3,(H,15,17). The summed E-state index contributed by atoms with van der Waals surface area (Å²) in [6, 6.07) is 2.16. The zero-order chi connectivity index (χ0) is 12.8. The van der Waals surface area contributed by atoms with E-state index < -0.39 is 0 Å². The molecule has 1 atom stereocenters. The number of morpholine rings is 1. The van der Waals surface area contributed by atoms with Crippen molar-refractivity contribution in [2.24, 2.45) is 0 Å². The first-order valence-corrected chi connectivity index (χ1v) is 7.20. The van der Waals surface area contributed by atoms with Crippen molar-refractivity contribution in [2.75, 3.05) is 18.1 Å². The van der Waals surface area contributed by atoms with Crippen LogP contribution < -0.4 is 10.5 Å². The largest absolute Gasteiger partial charge is 0.371 e. The van der Waals surface area contributed by atoms with E-state index in [9.17, 15) is 4.79 Å². The number of hydrogen-bond acceptors (Lipinski definition) is 3. The molecule has 1 N–H and O–H groups in total. The van der Waals surface area contributed by atoms with Gasteiger partial charge in [0.2, 0.25) is 0 Å². The van der Waals surface area contributed by atoms with E-state index in [1.54, 1.807) is 6.20 Å². The minimum absolute atomic E-state index is 0.0208. The van der Waals surface area contributed by atoms with Gasteiger partial charge in [0.15, 0.2) is 0 Å². The predicted octanol–water partition coefficient (Wildman–Crippen LogP) is 2.29. The van der Waals surface area contributed by atoms with E-state index in [0.717, 1.165) is 29.5 Å². The Morgan fingerprint density at radius 3 is 3.00 bits per heavy atom. The first kappa shape index (κ1) is 12.2. The smallest absolute Gasteiger partial charge is 0.271 e. The first-order valence-electron chi connectivity index (χ1n) is 6.41. The molecule has 1 aliphatic heterocycles. The summed E-state index contributed by atoms with van der Waals surface area (Å²) in [5, 5.41) is 0. The van der Waals surface area contributed by atoms with E-state index >= 15 is 0 Å². The van der Waals surface area contributed by atoms with Crippen LogP contribution in [0.2, 0.25) is 0 Å². The predicted molar refractivity (Wildman–Crippen MR) is 74.1 cm³/mol. The highest BCUT2D eigenvalue weighted by Crippen LogP contribution is 2.43. The highest BCUT2D eigenvalue weighted by atomic mass is 79.9. The summed E-state index contributed by atoms with van der Waals surface area (Å²) in [7, 11) is 0. The lowest BCUT2D eigenvalue weighted by molar-refractivity contribution is -0.129. The van der Waals surface area contributed by atoms with Gasteiger partial charge in [-0.3, -0.25) is 4.79 Å². The number of H-pyrrole nitrogens is 1. The van der Waals surface area contributed by atoms with Crippen LogP contribution in [0.25, 0.3) is 0 Å². The number of anilines is 1. The topological polar surface area (TPSA) is 45.3 Å². The van der Waals surface area contributed by atoms with E-state index in [-0.39, 0.29) is 17.2 Å². The second-order valence-corrected chi connectivity index (χ2v) is 6.08. The second-order valence-electron chi connectivity index (χ2n) is 5.17. The van der Waals surface area contributed by atoms with Crippen molar-refractivity contribution in [3.63, 3.8) is 0 Å². The van der Waals surface area contributed by atoms with E-state index in [4.69, 9.17) is 4.74 Å². The number of aromatic nitrogens is 1. The Morgan fingerprint density at radius 2 is 2.33 bits per heavy atom. The summed E-state index contributed by atoms with van der Waals surface area (Å²) in [6.45, 7) is 3.65. The number of hydrogen-bond donors (Lipinski definition) is 1. The average molecular weight is 313 g/mol. The molecule has 2 fully saturated rings. The summed E-state index contributed by atoms with van der Waals surface area (Å²) in [5.74, 6) is 0. The molecule has 4 nitrogen and oxygen atoms in total. The van der Waals surface area contributed by atoms with Gasteiger partial charge in [-0.15, -0.1) is 0 Å². The molecule has 1 aliphatic carbocycles. The third-order valence-electron chi connectivity index (χ3n) is 4.31. The summed E-state index contributed by atoms with van der Waals surface area (Å²) < 4.78 is 6.87. The number of rotatable bonds is 1.